The molecule has 1 aliphatic rings. The van der Waals surface area contributed by atoms with E-state index in [0.29, 0.717) is 11.4 Å². The Morgan fingerprint density at radius 3 is 2.41 bits per heavy atom. The predicted molar refractivity (Wildman–Crippen MR) is 97.6 cm³/mol. The van der Waals surface area contributed by atoms with Gasteiger partial charge in [0.05, 0.1) is 5.51 Å². The summed E-state index contributed by atoms with van der Waals surface area (Å²) in [7, 11) is 0. The summed E-state index contributed by atoms with van der Waals surface area (Å²) in [5.74, 6) is -0.260. The fourth-order valence-corrected chi connectivity index (χ4v) is 3.43. The molecule has 1 aliphatic heterocycles. The molecule has 2 aromatic carbocycles. The van der Waals surface area contributed by atoms with Crippen LogP contribution in [0.4, 0.5) is 14.5 Å². The molecule has 1 N–H and O–H groups in total. The lowest BCUT2D eigenvalue weighted by Gasteiger charge is -2.09. The molecule has 0 atom stereocenters. The lowest BCUT2D eigenvalue weighted by Crippen LogP contribution is -2.25. The zero-order valence-electron chi connectivity index (χ0n) is 14.4. The quantitative estimate of drug-likeness (QED) is 0.686. The molecule has 2 heterocycles. The van der Waals surface area contributed by atoms with Gasteiger partial charge in [-0.1, -0.05) is 12.1 Å². The van der Waals surface area contributed by atoms with Crippen LogP contribution in [0, 0.1) is 13.8 Å². The Hall–Kier alpha value is -3.00. The fraction of sp³-hybridized carbons (Fsp3) is 0.158. The van der Waals surface area contributed by atoms with E-state index >= 15 is 0 Å². The molecule has 4 rings (SSSR count). The van der Waals surface area contributed by atoms with Crippen molar-refractivity contribution in [2.75, 3.05) is 5.32 Å². The molecule has 8 heteroatoms. The molecule has 0 unspecified atom stereocenters. The van der Waals surface area contributed by atoms with Crippen molar-refractivity contribution in [3.8, 4) is 22.6 Å². The average molecular weight is 388 g/mol. The van der Waals surface area contributed by atoms with Gasteiger partial charge in [-0.2, -0.15) is 0 Å². The monoisotopic (exact) mass is 388 g/mol. The van der Waals surface area contributed by atoms with Gasteiger partial charge < -0.3 is 14.8 Å². The van der Waals surface area contributed by atoms with Crippen molar-refractivity contribution in [3.63, 3.8) is 0 Å². The van der Waals surface area contributed by atoms with Crippen LogP contribution in [0.25, 0.3) is 11.1 Å². The average Bonchev–Trinajstić information content (AvgIpc) is 3.16. The summed E-state index contributed by atoms with van der Waals surface area (Å²) in [5, 5.41) is 2.79. The molecular formula is C19H14F2N2O3S. The molecule has 0 fully saturated rings. The van der Waals surface area contributed by atoms with Crippen LogP contribution in [0.5, 0.6) is 11.5 Å². The molecule has 0 saturated heterocycles. The van der Waals surface area contributed by atoms with Crippen LogP contribution >= 0.6 is 11.3 Å². The van der Waals surface area contributed by atoms with Gasteiger partial charge >= 0.3 is 6.29 Å². The smallest absolute Gasteiger partial charge is 0.395 e. The number of fused-ring (bicyclic) bond motifs is 1. The minimum atomic E-state index is -3.64. The Morgan fingerprint density at radius 1 is 1.11 bits per heavy atom. The maximum Gasteiger partial charge on any atom is 0.586 e. The van der Waals surface area contributed by atoms with Gasteiger partial charge in [0.25, 0.3) is 5.91 Å². The van der Waals surface area contributed by atoms with Crippen LogP contribution in [0.1, 0.15) is 20.9 Å². The lowest BCUT2D eigenvalue weighted by atomic mass is 9.99. The normalized spacial score (nSPS) is 14.2. The number of hydrogen-bond acceptors (Lipinski definition) is 5. The van der Waals surface area contributed by atoms with Crippen LogP contribution in [0.3, 0.4) is 0 Å². The van der Waals surface area contributed by atoms with Crippen LogP contribution in [0.15, 0.2) is 41.9 Å². The van der Waals surface area contributed by atoms with Crippen LogP contribution in [-0.4, -0.2) is 17.2 Å². The van der Waals surface area contributed by atoms with E-state index in [2.05, 4.69) is 19.8 Å². The summed E-state index contributed by atoms with van der Waals surface area (Å²) in [6, 6.07) is 10.1. The zero-order valence-corrected chi connectivity index (χ0v) is 15.2. The third kappa shape index (κ3) is 3.35. The first kappa shape index (κ1) is 17.4. The first-order valence-electron chi connectivity index (χ1n) is 8.05. The molecule has 0 radical (unpaired) electrons. The molecule has 5 nitrogen and oxygen atoms in total. The first-order valence-corrected chi connectivity index (χ1v) is 8.93. The topological polar surface area (TPSA) is 60.5 Å². The number of rotatable bonds is 3. The minimum absolute atomic E-state index is 0.00279. The fourth-order valence-electron chi connectivity index (χ4n) is 2.86. The molecule has 27 heavy (non-hydrogen) atoms. The third-order valence-electron chi connectivity index (χ3n) is 4.16. The zero-order chi connectivity index (χ0) is 19.2. The van der Waals surface area contributed by atoms with Crippen molar-refractivity contribution in [3.05, 3.63) is 58.0 Å². The standard InChI is InChI=1S/C19H14F2N2O3S/c1-10-7-15-16(26-19(20,21)25-15)8-14(10)12-3-5-13(6-4-12)23-18(24)17-11(2)27-9-22-17/h3-9H,1-2H3,(H,23,24). The van der Waals surface area contributed by atoms with Crippen molar-refractivity contribution >= 4 is 22.9 Å². The van der Waals surface area contributed by atoms with E-state index in [9.17, 15) is 13.6 Å². The Morgan fingerprint density at radius 2 is 1.78 bits per heavy atom. The van der Waals surface area contributed by atoms with Crippen molar-refractivity contribution in [2.24, 2.45) is 0 Å². The van der Waals surface area contributed by atoms with Gasteiger partial charge in [0, 0.05) is 10.6 Å². The van der Waals surface area contributed by atoms with Gasteiger partial charge in [-0.05, 0) is 54.8 Å². The second kappa shape index (κ2) is 6.31. The number of thiazole rings is 1. The summed E-state index contributed by atoms with van der Waals surface area (Å²) in [5.41, 5.74) is 4.95. The molecule has 0 aliphatic carbocycles. The van der Waals surface area contributed by atoms with Gasteiger partial charge in [-0.3, -0.25) is 4.79 Å². The number of nitrogens with zero attached hydrogens (tertiary/aromatic N) is 1. The van der Waals surface area contributed by atoms with Gasteiger partial charge in [-0.25, -0.2) is 4.98 Å². The Kier molecular flexibility index (Phi) is 4.07. The number of aromatic nitrogens is 1. The lowest BCUT2D eigenvalue weighted by molar-refractivity contribution is -0.286. The Balaban J connectivity index is 1.57. The predicted octanol–water partition coefficient (Wildman–Crippen LogP) is 5.00. The third-order valence-corrected chi connectivity index (χ3v) is 4.92. The Labute approximate surface area is 157 Å². The van der Waals surface area contributed by atoms with E-state index in [4.69, 9.17) is 0 Å². The van der Waals surface area contributed by atoms with Gasteiger partial charge in [0.15, 0.2) is 11.5 Å². The summed E-state index contributed by atoms with van der Waals surface area (Å²) >= 11 is 1.41. The number of halogens is 2. The molecule has 3 aromatic rings. The summed E-state index contributed by atoms with van der Waals surface area (Å²) in [6.45, 7) is 3.64. The number of alkyl halides is 2. The number of carbonyl (C=O) groups excluding carboxylic acids is 1. The van der Waals surface area contributed by atoms with Gasteiger partial charge in [0.2, 0.25) is 0 Å². The number of carbonyl (C=O) groups is 1. The Bertz CT molecular complexity index is 1030. The maximum atomic E-state index is 13.2. The number of anilines is 1. The molecule has 0 saturated carbocycles. The molecule has 1 amide bonds. The highest BCUT2D eigenvalue weighted by Crippen LogP contribution is 2.44. The number of ether oxygens (including phenoxy) is 2. The van der Waals surface area contributed by atoms with E-state index in [1.165, 1.54) is 23.5 Å². The summed E-state index contributed by atoms with van der Waals surface area (Å²) in [6.07, 6.45) is -3.64. The highest BCUT2D eigenvalue weighted by atomic mass is 32.1. The molecule has 138 valence electrons. The van der Waals surface area contributed by atoms with Crippen molar-refractivity contribution in [1.29, 1.82) is 0 Å². The second-order valence-electron chi connectivity index (χ2n) is 6.07. The van der Waals surface area contributed by atoms with Crippen LogP contribution in [0.2, 0.25) is 0 Å². The van der Waals surface area contributed by atoms with Crippen molar-refractivity contribution in [1.82, 2.24) is 4.98 Å². The SMILES string of the molecule is Cc1cc2c(cc1-c1ccc(NC(=O)c3ncsc3C)cc1)OC(F)(F)O2. The van der Waals surface area contributed by atoms with E-state index in [0.717, 1.165) is 21.6 Å². The summed E-state index contributed by atoms with van der Waals surface area (Å²) < 4.78 is 35.5. The first-order chi connectivity index (χ1) is 12.8. The van der Waals surface area contributed by atoms with Crippen molar-refractivity contribution in [2.45, 2.75) is 20.1 Å². The van der Waals surface area contributed by atoms with Gasteiger partial charge in [-0.15, -0.1) is 20.1 Å². The second-order valence-corrected chi connectivity index (χ2v) is 7.13. The van der Waals surface area contributed by atoms with E-state index in [1.807, 2.05) is 6.92 Å². The van der Waals surface area contributed by atoms with Crippen LogP contribution in [-0.2, 0) is 0 Å². The van der Waals surface area contributed by atoms with E-state index in [1.54, 1.807) is 36.7 Å². The molecule has 0 spiro atoms. The molecule has 0 bridgehead atoms. The van der Waals surface area contributed by atoms with E-state index in [-0.39, 0.29) is 17.4 Å². The molecule has 1 aromatic heterocycles. The highest BCUT2D eigenvalue weighted by Gasteiger charge is 2.43. The number of nitrogens with one attached hydrogen (secondary N) is 1. The maximum absolute atomic E-state index is 13.2. The number of amides is 1. The van der Waals surface area contributed by atoms with E-state index < -0.39 is 6.29 Å². The minimum Gasteiger partial charge on any atom is -0.395 e. The summed E-state index contributed by atoms with van der Waals surface area (Å²) in [4.78, 5) is 17.1. The van der Waals surface area contributed by atoms with Crippen LogP contribution < -0.4 is 14.8 Å². The van der Waals surface area contributed by atoms with Gasteiger partial charge in [0.1, 0.15) is 5.69 Å². The number of hydrogen-bond donors (Lipinski definition) is 1. The largest absolute Gasteiger partial charge is 0.586 e. The van der Waals surface area contributed by atoms with Crippen molar-refractivity contribution < 1.29 is 23.0 Å². The number of benzene rings is 2. The highest BCUT2D eigenvalue weighted by molar-refractivity contribution is 7.09. The number of aryl methyl sites for hydroxylation is 2. The molecular weight excluding hydrogens is 374 g/mol.